The third kappa shape index (κ3) is 3.84. The lowest BCUT2D eigenvalue weighted by molar-refractivity contribution is 0.0600. The summed E-state index contributed by atoms with van der Waals surface area (Å²) in [6.07, 6.45) is 6.72. The number of carbonyl (C=O) groups excluding carboxylic acids is 1. The van der Waals surface area contributed by atoms with E-state index in [0.717, 1.165) is 0 Å². The number of ether oxygens (including phenoxy) is 1. The number of halogens is 1. The molecule has 148 valence electrons. The minimum atomic E-state index is -0.535. The Bertz CT molecular complexity index is 1170. The predicted molar refractivity (Wildman–Crippen MR) is 103 cm³/mol. The molecule has 4 heterocycles. The second-order valence-corrected chi connectivity index (χ2v) is 6.81. The van der Waals surface area contributed by atoms with Crippen molar-refractivity contribution < 1.29 is 13.9 Å². The highest BCUT2D eigenvalue weighted by atomic mass is 19.1. The number of imidazole rings is 2. The molecule has 0 saturated heterocycles. The first-order chi connectivity index (χ1) is 14.0. The van der Waals surface area contributed by atoms with Crippen molar-refractivity contribution in [2.75, 3.05) is 7.11 Å². The molecule has 0 aliphatic carbocycles. The Morgan fingerprint density at radius 3 is 2.83 bits per heavy atom. The minimum absolute atomic E-state index is 0.205. The summed E-state index contributed by atoms with van der Waals surface area (Å²) in [7, 11) is 1.33. The zero-order valence-corrected chi connectivity index (χ0v) is 16.0. The van der Waals surface area contributed by atoms with Gasteiger partial charge in [-0.25, -0.2) is 24.7 Å². The van der Waals surface area contributed by atoms with Crippen LogP contribution in [0.3, 0.4) is 0 Å². The molecule has 0 spiro atoms. The summed E-state index contributed by atoms with van der Waals surface area (Å²) in [6.45, 7) is 3.42. The average Bonchev–Trinajstić information content (AvgIpc) is 3.34. The Morgan fingerprint density at radius 2 is 2.03 bits per heavy atom. The van der Waals surface area contributed by atoms with Crippen molar-refractivity contribution in [3.63, 3.8) is 0 Å². The van der Waals surface area contributed by atoms with Crippen LogP contribution in [-0.4, -0.2) is 42.1 Å². The topological polar surface area (TPSA) is 87.7 Å². The Kier molecular flexibility index (Phi) is 5.03. The van der Waals surface area contributed by atoms with Crippen molar-refractivity contribution in [3.8, 4) is 11.5 Å². The van der Waals surface area contributed by atoms with Gasteiger partial charge in [0.15, 0.2) is 11.5 Å². The van der Waals surface area contributed by atoms with E-state index in [1.807, 2.05) is 15.3 Å². The molecule has 0 amide bonds. The van der Waals surface area contributed by atoms with Crippen molar-refractivity contribution in [3.05, 3.63) is 60.7 Å². The largest absolute Gasteiger partial charge is 0.465 e. The molecule has 8 nitrogen and oxygen atoms in total. The van der Waals surface area contributed by atoms with E-state index in [1.54, 1.807) is 30.7 Å². The van der Waals surface area contributed by atoms with Gasteiger partial charge in [-0.2, -0.15) is 4.39 Å². The van der Waals surface area contributed by atoms with Crippen LogP contribution in [0.15, 0.2) is 49.2 Å². The summed E-state index contributed by atoms with van der Waals surface area (Å²) in [5.41, 5.74) is 2.19. The number of carbonyl (C=O) groups is 1. The Labute approximate surface area is 166 Å². The molecule has 9 heteroatoms. The van der Waals surface area contributed by atoms with Crippen molar-refractivity contribution >= 4 is 17.1 Å². The lowest BCUT2D eigenvalue weighted by atomic mass is 10.1. The second kappa shape index (κ2) is 7.78. The van der Waals surface area contributed by atoms with E-state index in [-0.39, 0.29) is 5.92 Å². The van der Waals surface area contributed by atoms with E-state index in [2.05, 4.69) is 26.9 Å². The van der Waals surface area contributed by atoms with Gasteiger partial charge in [0, 0.05) is 31.7 Å². The molecular formula is C20H19FN6O2. The van der Waals surface area contributed by atoms with Crippen LogP contribution in [-0.2, 0) is 17.8 Å². The summed E-state index contributed by atoms with van der Waals surface area (Å²) < 4.78 is 22.1. The first kappa shape index (κ1) is 18.7. The monoisotopic (exact) mass is 394 g/mol. The highest BCUT2D eigenvalue weighted by molar-refractivity contribution is 5.92. The number of methoxy groups -OCH3 is 1. The summed E-state index contributed by atoms with van der Waals surface area (Å²) in [6, 6.07) is 6.33. The molecule has 4 aromatic heterocycles. The van der Waals surface area contributed by atoms with Crippen LogP contribution in [0.2, 0.25) is 0 Å². The minimum Gasteiger partial charge on any atom is -0.465 e. The number of nitrogens with zero attached hydrogens (tertiary/aromatic N) is 6. The fourth-order valence-electron chi connectivity index (χ4n) is 3.26. The molecule has 0 aromatic carbocycles. The molecule has 29 heavy (non-hydrogen) atoms. The number of hydrogen-bond acceptors (Lipinski definition) is 6. The van der Waals surface area contributed by atoms with Crippen molar-refractivity contribution in [1.82, 2.24) is 29.1 Å². The smallest absolute Gasteiger partial charge is 0.339 e. The molecule has 0 aliphatic heterocycles. The van der Waals surface area contributed by atoms with Gasteiger partial charge < -0.3 is 13.9 Å². The number of pyridine rings is 2. The molecule has 1 atom stereocenters. The first-order valence-electron chi connectivity index (χ1n) is 9.08. The van der Waals surface area contributed by atoms with Gasteiger partial charge in [0.2, 0.25) is 5.95 Å². The molecule has 4 aromatic rings. The SMILES string of the molecule is COC(=O)c1cnc2c(c1)ncn2CC(C)Cn1ccnc1-c1cccc(F)n1. The van der Waals surface area contributed by atoms with Gasteiger partial charge in [-0.05, 0) is 24.1 Å². The predicted octanol–water partition coefficient (Wildman–Crippen LogP) is 2.95. The fourth-order valence-corrected chi connectivity index (χ4v) is 3.26. The molecule has 0 saturated carbocycles. The van der Waals surface area contributed by atoms with E-state index < -0.39 is 11.9 Å². The summed E-state index contributed by atoms with van der Waals surface area (Å²) >= 11 is 0. The van der Waals surface area contributed by atoms with E-state index >= 15 is 0 Å². The Hall–Kier alpha value is -3.62. The van der Waals surface area contributed by atoms with E-state index in [9.17, 15) is 9.18 Å². The summed E-state index contributed by atoms with van der Waals surface area (Å²) in [4.78, 5) is 28.6. The van der Waals surface area contributed by atoms with Crippen molar-refractivity contribution in [2.45, 2.75) is 20.0 Å². The molecule has 0 N–H and O–H groups in total. The maximum absolute atomic E-state index is 13.5. The van der Waals surface area contributed by atoms with Crippen LogP contribution in [0.5, 0.6) is 0 Å². The standard InChI is InChI=1S/C20H19FN6O2/c1-13(10-26-7-6-22-18(26)15-4-3-5-17(21)25-15)11-27-12-24-16-8-14(20(28)29-2)9-23-19(16)27/h3-9,12-13H,10-11H2,1-2H3. The number of aromatic nitrogens is 6. The maximum Gasteiger partial charge on any atom is 0.339 e. The van der Waals surface area contributed by atoms with Crippen LogP contribution in [0.1, 0.15) is 17.3 Å². The van der Waals surface area contributed by atoms with Crippen molar-refractivity contribution in [2.24, 2.45) is 5.92 Å². The number of hydrogen-bond donors (Lipinski definition) is 0. The molecular weight excluding hydrogens is 375 g/mol. The molecule has 4 rings (SSSR count). The first-order valence-corrected chi connectivity index (χ1v) is 9.08. The van der Waals surface area contributed by atoms with Gasteiger partial charge in [0.1, 0.15) is 11.2 Å². The third-order valence-corrected chi connectivity index (χ3v) is 4.55. The van der Waals surface area contributed by atoms with Crippen LogP contribution < -0.4 is 0 Å². The van der Waals surface area contributed by atoms with Crippen LogP contribution >= 0.6 is 0 Å². The zero-order chi connectivity index (χ0) is 20.4. The van der Waals surface area contributed by atoms with Crippen LogP contribution in [0, 0.1) is 11.9 Å². The molecule has 0 bridgehead atoms. The van der Waals surface area contributed by atoms with Gasteiger partial charge in [-0.15, -0.1) is 0 Å². The van der Waals surface area contributed by atoms with Gasteiger partial charge in [-0.1, -0.05) is 13.0 Å². The average molecular weight is 394 g/mol. The molecule has 0 fully saturated rings. The molecule has 0 aliphatic rings. The highest BCUT2D eigenvalue weighted by Gasteiger charge is 2.15. The number of rotatable bonds is 6. The van der Waals surface area contributed by atoms with E-state index in [4.69, 9.17) is 4.74 Å². The van der Waals surface area contributed by atoms with Crippen LogP contribution in [0.25, 0.3) is 22.7 Å². The Morgan fingerprint density at radius 1 is 1.21 bits per heavy atom. The maximum atomic E-state index is 13.5. The number of fused-ring (bicyclic) bond motifs is 1. The Balaban J connectivity index is 1.52. The van der Waals surface area contributed by atoms with E-state index in [0.29, 0.717) is 41.3 Å². The molecule has 0 radical (unpaired) electrons. The second-order valence-electron chi connectivity index (χ2n) is 6.81. The van der Waals surface area contributed by atoms with Gasteiger partial charge in [0.05, 0.1) is 19.0 Å². The summed E-state index contributed by atoms with van der Waals surface area (Å²) in [5, 5.41) is 0. The quantitative estimate of drug-likeness (QED) is 0.369. The van der Waals surface area contributed by atoms with Crippen molar-refractivity contribution in [1.29, 1.82) is 0 Å². The van der Waals surface area contributed by atoms with E-state index in [1.165, 1.54) is 19.4 Å². The lowest BCUT2D eigenvalue weighted by Crippen LogP contribution is -2.15. The fraction of sp³-hybridized carbons (Fsp3) is 0.250. The zero-order valence-electron chi connectivity index (χ0n) is 16.0. The van der Waals surface area contributed by atoms with Gasteiger partial charge >= 0.3 is 5.97 Å². The third-order valence-electron chi connectivity index (χ3n) is 4.55. The van der Waals surface area contributed by atoms with Gasteiger partial charge in [-0.3, -0.25) is 0 Å². The highest BCUT2D eigenvalue weighted by Crippen LogP contribution is 2.19. The lowest BCUT2D eigenvalue weighted by Gasteiger charge is -2.15. The van der Waals surface area contributed by atoms with Gasteiger partial charge in [0.25, 0.3) is 0 Å². The number of esters is 1. The normalized spacial score (nSPS) is 12.2. The van der Waals surface area contributed by atoms with Crippen LogP contribution in [0.4, 0.5) is 4.39 Å². The molecule has 1 unspecified atom stereocenters. The summed E-state index contributed by atoms with van der Waals surface area (Å²) in [5.74, 6) is -0.156.